The van der Waals surface area contributed by atoms with Gasteiger partial charge in [-0.2, -0.15) is 0 Å². The Morgan fingerprint density at radius 3 is 2.56 bits per heavy atom. The van der Waals surface area contributed by atoms with E-state index in [1.54, 1.807) is 36.5 Å². The van der Waals surface area contributed by atoms with Gasteiger partial charge in [0.15, 0.2) is 9.84 Å². The van der Waals surface area contributed by atoms with E-state index in [4.69, 9.17) is 4.74 Å². The van der Waals surface area contributed by atoms with Crippen molar-refractivity contribution < 1.29 is 17.9 Å². The van der Waals surface area contributed by atoms with Crippen molar-refractivity contribution in [2.75, 3.05) is 22.1 Å². The van der Waals surface area contributed by atoms with E-state index in [2.05, 4.69) is 15.6 Å². The Bertz CT molecular complexity index is 911. The molecular weight excluding hydrogens is 366 g/mol. The highest BCUT2D eigenvalue weighted by Gasteiger charge is 2.27. The molecule has 0 bridgehead atoms. The highest BCUT2D eigenvalue weighted by molar-refractivity contribution is 7.91. The molecule has 2 N–H and O–H groups in total. The third kappa shape index (κ3) is 5.43. The molecule has 1 atom stereocenters. The van der Waals surface area contributed by atoms with Crippen LogP contribution in [-0.4, -0.2) is 43.0 Å². The molecule has 7 nitrogen and oxygen atoms in total. The number of pyridine rings is 1. The molecule has 2 heterocycles. The predicted molar refractivity (Wildman–Crippen MR) is 105 cm³/mol. The average Bonchev–Trinajstić information content (AvgIpc) is 2.95. The lowest BCUT2D eigenvalue weighted by molar-refractivity contribution is 0.102. The van der Waals surface area contributed by atoms with Gasteiger partial charge in [0, 0.05) is 24.1 Å². The van der Waals surface area contributed by atoms with E-state index in [0.29, 0.717) is 23.4 Å². The largest absolute Gasteiger partial charge is 0.491 e. The minimum Gasteiger partial charge on any atom is -0.491 e. The van der Waals surface area contributed by atoms with Crippen molar-refractivity contribution in [3.63, 3.8) is 0 Å². The molecule has 0 radical (unpaired) electrons. The van der Waals surface area contributed by atoms with Crippen LogP contribution in [0.2, 0.25) is 0 Å². The Morgan fingerprint density at radius 1 is 1.19 bits per heavy atom. The number of carbonyl (C=O) groups excluding carboxylic acids is 1. The van der Waals surface area contributed by atoms with Crippen LogP contribution in [-0.2, 0) is 9.84 Å². The summed E-state index contributed by atoms with van der Waals surface area (Å²) in [5.74, 6) is 0.744. The summed E-state index contributed by atoms with van der Waals surface area (Å²) in [6.07, 6.45) is 3.70. The molecule has 27 heavy (non-hydrogen) atoms. The van der Waals surface area contributed by atoms with Crippen LogP contribution in [0.15, 0.2) is 42.7 Å². The van der Waals surface area contributed by atoms with Gasteiger partial charge in [0.25, 0.3) is 5.91 Å². The van der Waals surface area contributed by atoms with E-state index in [1.165, 1.54) is 6.20 Å². The first-order valence-corrected chi connectivity index (χ1v) is 10.6. The zero-order valence-corrected chi connectivity index (χ0v) is 16.1. The SMILES string of the molecule is CC(C)Oc1ccc(NC(=O)c2cncc(NC3CCS(=O)(=O)C3)c2)cc1. The van der Waals surface area contributed by atoms with Gasteiger partial charge in [-0.1, -0.05) is 0 Å². The van der Waals surface area contributed by atoms with Crippen molar-refractivity contribution >= 4 is 27.1 Å². The Balaban J connectivity index is 1.63. The molecule has 3 rings (SSSR count). The number of amides is 1. The number of carbonyl (C=O) groups is 1. The molecule has 1 amide bonds. The third-order valence-electron chi connectivity index (χ3n) is 4.09. The second-order valence-corrected chi connectivity index (χ2v) is 9.08. The molecule has 8 heteroatoms. The first-order valence-electron chi connectivity index (χ1n) is 8.81. The maximum absolute atomic E-state index is 12.5. The van der Waals surface area contributed by atoms with Crippen LogP contribution in [0.3, 0.4) is 0 Å². The van der Waals surface area contributed by atoms with Crippen molar-refractivity contribution in [2.45, 2.75) is 32.4 Å². The van der Waals surface area contributed by atoms with E-state index in [9.17, 15) is 13.2 Å². The van der Waals surface area contributed by atoms with E-state index in [0.717, 1.165) is 5.75 Å². The van der Waals surface area contributed by atoms with Crippen molar-refractivity contribution in [1.29, 1.82) is 0 Å². The van der Waals surface area contributed by atoms with Crippen molar-refractivity contribution in [3.05, 3.63) is 48.3 Å². The lowest BCUT2D eigenvalue weighted by Crippen LogP contribution is -2.21. The van der Waals surface area contributed by atoms with Gasteiger partial charge in [-0.25, -0.2) is 8.42 Å². The third-order valence-corrected chi connectivity index (χ3v) is 5.86. The van der Waals surface area contributed by atoms with Crippen LogP contribution in [0.25, 0.3) is 0 Å². The van der Waals surface area contributed by atoms with Gasteiger partial charge in [-0.05, 0) is 50.6 Å². The maximum atomic E-state index is 12.5. The summed E-state index contributed by atoms with van der Waals surface area (Å²) in [7, 11) is -2.97. The fraction of sp³-hybridized carbons (Fsp3) is 0.368. The molecule has 0 spiro atoms. The molecule has 2 aromatic rings. The molecule has 1 aromatic heterocycles. The highest BCUT2D eigenvalue weighted by atomic mass is 32.2. The number of rotatable bonds is 6. The summed E-state index contributed by atoms with van der Waals surface area (Å²) in [5.41, 5.74) is 1.67. The van der Waals surface area contributed by atoms with Crippen LogP contribution in [0.5, 0.6) is 5.75 Å². The molecule has 1 fully saturated rings. The first kappa shape index (κ1) is 19.2. The lowest BCUT2D eigenvalue weighted by Gasteiger charge is -2.13. The molecule has 1 aromatic carbocycles. The molecule has 0 aliphatic carbocycles. The van der Waals surface area contributed by atoms with Crippen LogP contribution in [0, 0.1) is 0 Å². The predicted octanol–water partition coefficient (Wildman–Crippen LogP) is 2.72. The minimum atomic E-state index is -2.97. The molecular formula is C19H23N3O4S. The second-order valence-electron chi connectivity index (χ2n) is 6.85. The molecule has 1 unspecified atom stereocenters. The Labute approximate surface area is 159 Å². The topological polar surface area (TPSA) is 97.4 Å². The number of hydrogen-bond donors (Lipinski definition) is 2. The van der Waals surface area contributed by atoms with Gasteiger partial charge < -0.3 is 15.4 Å². The van der Waals surface area contributed by atoms with Gasteiger partial charge in [0.2, 0.25) is 0 Å². The number of aromatic nitrogens is 1. The number of nitrogens with one attached hydrogen (secondary N) is 2. The summed E-state index contributed by atoms with van der Waals surface area (Å²) in [5, 5.41) is 5.96. The average molecular weight is 389 g/mol. The smallest absolute Gasteiger partial charge is 0.257 e. The zero-order chi connectivity index (χ0) is 19.4. The Kier molecular flexibility index (Phi) is 5.65. The Morgan fingerprint density at radius 2 is 1.93 bits per heavy atom. The van der Waals surface area contributed by atoms with Crippen LogP contribution in [0.4, 0.5) is 11.4 Å². The fourth-order valence-corrected chi connectivity index (χ4v) is 4.55. The number of nitrogens with zero attached hydrogens (tertiary/aromatic N) is 1. The summed E-state index contributed by atoms with van der Waals surface area (Å²) in [6.45, 7) is 3.90. The molecule has 1 saturated heterocycles. The molecule has 1 aliphatic heterocycles. The summed E-state index contributed by atoms with van der Waals surface area (Å²) >= 11 is 0. The zero-order valence-electron chi connectivity index (χ0n) is 15.3. The van der Waals surface area contributed by atoms with Gasteiger partial charge >= 0.3 is 0 Å². The number of ether oxygens (including phenoxy) is 1. The summed E-state index contributed by atoms with van der Waals surface area (Å²) < 4.78 is 28.7. The van der Waals surface area contributed by atoms with Gasteiger partial charge in [-0.15, -0.1) is 0 Å². The maximum Gasteiger partial charge on any atom is 0.257 e. The van der Waals surface area contributed by atoms with Crippen LogP contribution < -0.4 is 15.4 Å². The molecule has 1 aliphatic rings. The van der Waals surface area contributed by atoms with Gasteiger partial charge in [0.05, 0.1) is 28.9 Å². The number of benzene rings is 1. The van der Waals surface area contributed by atoms with Gasteiger partial charge in [-0.3, -0.25) is 9.78 Å². The highest BCUT2D eigenvalue weighted by Crippen LogP contribution is 2.20. The normalized spacial score (nSPS) is 18.3. The quantitative estimate of drug-likeness (QED) is 0.788. The van der Waals surface area contributed by atoms with Crippen LogP contribution in [0.1, 0.15) is 30.6 Å². The lowest BCUT2D eigenvalue weighted by atomic mass is 10.2. The van der Waals surface area contributed by atoms with Crippen molar-refractivity contribution in [2.24, 2.45) is 0 Å². The molecule has 0 saturated carbocycles. The monoisotopic (exact) mass is 389 g/mol. The number of hydrogen-bond acceptors (Lipinski definition) is 6. The van der Waals surface area contributed by atoms with Crippen molar-refractivity contribution in [3.8, 4) is 5.75 Å². The Hall–Kier alpha value is -2.61. The number of anilines is 2. The standard InChI is InChI=1S/C19H23N3O4S/c1-13(2)26-18-5-3-15(4-6-18)22-19(23)14-9-17(11-20-10-14)21-16-7-8-27(24,25)12-16/h3-6,9-11,13,16,21H,7-8,12H2,1-2H3,(H,22,23). The van der Waals surface area contributed by atoms with Crippen molar-refractivity contribution in [1.82, 2.24) is 4.98 Å². The summed E-state index contributed by atoms with van der Waals surface area (Å²) in [6, 6.07) is 8.66. The van der Waals surface area contributed by atoms with E-state index < -0.39 is 9.84 Å². The molecule has 144 valence electrons. The first-order chi connectivity index (χ1) is 12.8. The number of sulfone groups is 1. The second kappa shape index (κ2) is 7.96. The van der Waals surface area contributed by atoms with E-state index in [1.807, 2.05) is 13.8 Å². The summed E-state index contributed by atoms with van der Waals surface area (Å²) in [4.78, 5) is 16.5. The van der Waals surface area contributed by atoms with E-state index >= 15 is 0 Å². The van der Waals surface area contributed by atoms with Gasteiger partial charge in [0.1, 0.15) is 5.75 Å². The minimum absolute atomic E-state index is 0.0848. The van der Waals surface area contributed by atoms with Crippen LogP contribution >= 0.6 is 0 Å². The fourth-order valence-electron chi connectivity index (χ4n) is 2.88. The van der Waals surface area contributed by atoms with E-state index in [-0.39, 0.29) is 29.6 Å².